The van der Waals surface area contributed by atoms with Gasteiger partial charge in [0.2, 0.25) is 0 Å². The fourth-order valence-corrected chi connectivity index (χ4v) is 2.16. The summed E-state index contributed by atoms with van der Waals surface area (Å²) in [5, 5.41) is 5.93. The number of rotatable bonds is 7. The molecule has 0 unspecified atom stereocenters. The number of nitrogens with one attached hydrogen (secondary N) is 2. The first-order valence-corrected chi connectivity index (χ1v) is 7.58. The van der Waals surface area contributed by atoms with Gasteiger partial charge in [-0.05, 0) is 31.5 Å². The zero-order valence-corrected chi connectivity index (χ0v) is 14.3. The number of hydrogen-bond donors (Lipinski definition) is 2. The first kappa shape index (κ1) is 17.7. The first-order valence-electron chi connectivity index (χ1n) is 7.58. The molecule has 0 radical (unpaired) electrons. The van der Waals surface area contributed by atoms with Gasteiger partial charge in [-0.25, -0.2) is 9.97 Å². The Morgan fingerprint density at radius 2 is 1.96 bits per heavy atom. The largest absolute Gasteiger partial charge is 0.495 e. The maximum atomic E-state index is 12.5. The molecule has 0 atom stereocenters. The number of aryl methyl sites for hydroxylation is 2. The lowest BCUT2D eigenvalue weighted by atomic mass is 10.2. The molecular weight excluding hydrogens is 308 g/mol. The minimum absolute atomic E-state index is 0.283. The third kappa shape index (κ3) is 4.66. The summed E-state index contributed by atoms with van der Waals surface area (Å²) in [6.07, 6.45) is 0. The van der Waals surface area contributed by atoms with E-state index in [4.69, 9.17) is 9.47 Å². The third-order valence-electron chi connectivity index (χ3n) is 3.29. The molecule has 0 aliphatic rings. The van der Waals surface area contributed by atoms with Crippen LogP contribution in [0.1, 0.15) is 21.9 Å². The highest BCUT2D eigenvalue weighted by atomic mass is 16.5. The summed E-state index contributed by atoms with van der Waals surface area (Å²) >= 11 is 0. The second kappa shape index (κ2) is 8.26. The monoisotopic (exact) mass is 330 g/mol. The van der Waals surface area contributed by atoms with Gasteiger partial charge in [0, 0.05) is 19.7 Å². The topological polar surface area (TPSA) is 85.4 Å². The van der Waals surface area contributed by atoms with Crippen molar-refractivity contribution in [3.8, 4) is 5.75 Å². The van der Waals surface area contributed by atoms with E-state index in [0.29, 0.717) is 36.2 Å². The predicted molar refractivity (Wildman–Crippen MR) is 92.8 cm³/mol. The number of amides is 1. The second-order valence-corrected chi connectivity index (χ2v) is 5.26. The van der Waals surface area contributed by atoms with Crippen LogP contribution in [0.2, 0.25) is 0 Å². The van der Waals surface area contributed by atoms with Crippen molar-refractivity contribution < 1.29 is 14.3 Å². The van der Waals surface area contributed by atoms with E-state index in [9.17, 15) is 4.79 Å². The number of anilines is 2. The van der Waals surface area contributed by atoms with Crippen LogP contribution in [0.15, 0.2) is 24.3 Å². The summed E-state index contributed by atoms with van der Waals surface area (Å²) in [7, 11) is 3.19. The Hall–Kier alpha value is -2.67. The summed E-state index contributed by atoms with van der Waals surface area (Å²) in [6.45, 7) is 4.83. The van der Waals surface area contributed by atoms with Crippen LogP contribution in [0.25, 0.3) is 0 Å². The molecule has 1 aromatic carbocycles. The van der Waals surface area contributed by atoms with Gasteiger partial charge in [0.15, 0.2) is 0 Å². The fourth-order valence-electron chi connectivity index (χ4n) is 2.16. The van der Waals surface area contributed by atoms with Crippen LogP contribution in [-0.4, -0.2) is 43.2 Å². The molecule has 0 aliphatic carbocycles. The molecule has 2 N–H and O–H groups in total. The standard InChI is InChI=1S/C17H22N4O3/c1-11-5-6-15(24-4)13(9-11)21-17(22)14-10-16(18-7-8-23-3)20-12(2)19-14/h5-6,9-10H,7-8H2,1-4H3,(H,21,22)(H,18,19,20). The summed E-state index contributed by atoms with van der Waals surface area (Å²) in [6, 6.07) is 7.19. The van der Waals surface area contributed by atoms with E-state index in [2.05, 4.69) is 20.6 Å². The molecule has 1 aromatic heterocycles. The van der Waals surface area contributed by atoms with Gasteiger partial charge in [0.05, 0.1) is 19.4 Å². The summed E-state index contributed by atoms with van der Waals surface area (Å²) in [4.78, 5) is 21.0. The van der Waals surface area contributed by atoms with Gasteiger partial charge in [-0.1, -0.05) is 6.07 Å². The van der Waals surface area contributed by atoms with Gasteiger partial charge in [0.25, 0.3) is 5.91 Å². The lowest BCUT2D eigenvalue weighted by Gasteiger charge is -2.12. The Morgan fingerprint density at radius 3 is 2.67 bits per heavy atom. The summed E-state index contributed by atoms with van der Waals surface area (Å²) in [5.41, 5.74) is 1.91. The Balaban J connectivity index is 2.19. The first-order chi connectivity index (χ1) is 11.5. The number of carbonyl (C=O) groups is 1. The molecular formula is C17H22N4O3. The van der Waals surface area contributed by atoms with Crippen molar-refractivity contribution in [1.82, 2.24) is 9.97 Å². The molecule has 0 aliphatic heterocycles. The van der Waals surface area contributed by atoms with Crippen LogP contribution in [0.3, 0.4) is 0 Å². The normalized spacial score (nSPS) is 10.3. The number of nitrogens with zero attached hydrogens (tertiary/aromatic N) is 2. The lowest BCUT2D eigenvalue weighted by Crippen LogP contribution is -2.17. The Kier molecular flexibility index (Phi) is 6.08. The van der Waals surface area contributed by atoms with E-state index in [-0.39, 0.29) is 11.6 Å². The SMILES string of the molecule is COCCNc1cc(C(=O)Nc2cc(C)ccc2OC)nc(C)n1. The Morgan fingerprint density at radius 1 is 1.17 bits per heavy atom. The molecule has 0 saturated carbocycles. The van der Waals surface area contributed by atoms with Crippen molar-refractivity contribution >= 4 is 17.4 Å². The van der Waals surface area contributed by atoms with Crippen LogP contribution in [-0.2, 0) is 4.74 Å². The van der Waals surface area contributed by atoms with Crippen molar-refractivity contribution in [2.45, 2.75) is 13.8 Å². The molecule has 0 spiro atoms. The van der Waals surface area contributed by atoms with Crippen LogP contribution < -0.4 is 15.4 Å². The number of methoxy groups -OCH3 is 2. The zero-order chi connectivity index (χ0) is 17.5. The van der Waals surface area contributed by atoms with Gasteiger partial charge < -0.3 is 20.1 Å². The molecule has 7 nitrogen and oxygen atoms in total. The van der Waals surface area contributed by atoms with E-state index in [0.717, 1.165) is 5.56 Å². The van der Waals surface area contributed by atoms with E-state index in [1.165, 1.54) is 0 Å². The molecule has 0 saturated heterocycles. The number of hydrogen-bond acceptors (Lipinski definition) is 6. The molecule has 2 rings (SSSR count). The van der Waals surface area contributed by atoms with E-state index >= 15 is 0 Å². The van der Waals surface area contributed by atoms with Gasteiger partial charge in [-0.3, -0.25) is 4.79 Å². The average Bonchev–Trinajstić information content (AvgIpc) is 2.55. The van der Waals surface area contributed by atoms with Crippen LogP contribution in [0.4, 0.5) is 11.5 Å². The molecule has 128 valence electrons. The molecule has 0 bridgehead atoms. The Labute approximate surface area is 141 Å². The number of aromatic nitrogens is 2. The summed E-state index contributed by atoms with van der Waals surface area (Å²) in [5.74, 6) is 1.37. The zero-order valence-electron chi connectivity index (χ0n) is 14.3. The predicted octanol–water partition coefficient (Wildman–Crippen LogP) is 2.41. The second-order valence-electron chi connectivity index (χ2n) is 5.26. The minimum atomic E-state index is -0.320. The fraction of sp³-hybridized carbons (Fsp3) is 0.353. The van der Waals surface area contributed by atoms with Crippen molar-refractivity contribution in [2.24, 2.45) is 0 Å². The van der Waals surface area contributed by atoms with Crippen molar-refractivity contribution in [3.63, 3.8) is 0 Å². The lowest BCUT2D eigenvalue weighted by molar-refractivity contribution is 0.102. The number of carbonyl (C=O) groups excluding carboxylic acids is 1. The molecule has 24 heavy (non-hydrogen) atoms. The molecule has 1 amide bonds. The highest BCUT2D eigenvalue weighted by Gasteiger charge is 2.13. The van der Waals surface area contributed by atoms with Gasteiger partial charge in [0.1, 0.15) is 23.1 Å². The van der Waals surface area contributed by atoms with Crippen molar-refractivity contribution in [3.05, 3.63) is 41.3 Å². The van der Waals surface area contributed by atoms with E-state index in [1.807, 2.05) is 25.1 Å². The molecule has 0 fully saturated rings. The molecule has 7 heteroatoms. The molecule has 2 aromatic rings. The maximum absolute atomic E-state index is 12.5. The van der Waals surface area contributed by atoms with Crippen molar-refractivity contribution in [2.75, 3.05) is 38.0 Å². The smallest absolute Gasteiger partial charge is 0.274 e. The highest BCUT2D eigenvalue weighted by Crippen LogP contribution is 2.25. The van der Waals surface area contributed by atoms with Crippen LogP contribution in [0, 0.1) is 13.8 Å². The van der Waals surface area contributed by atoms with Crippen molar-refractivity contribution in [1.29, 1.82) is 0 Å². The number of benzene rings is 1. The highest BCUT2D eigenvalue weighted by molar-refractivity contribution is 6.04. The Bertz CT molecular complexity index is 719. The van der Waals surface area contributed by atoms with Gasteiger partial charge in [-0.2, -0.15) is 0 Å². The van der Waals surface area contributed by atoms with E-state index < -0.39 is 0 Å². The van der Waals surface area contributed by atoms with Gasteiger partial charge in [-0.15, -0.1) is 0 Å². The third-order valence-corrected chi connectivity index (χ3v) is 3.29. The van der Waals surface area contributed by atoms with E-state index in [1.54, 1.807) is 27.2 Å². The van der Waals surface area contributed by atoms with Gasteiger partial charge >= 0.3 is 0 Å². The van der Waals surface area contributed by atoms with Crippen LogP contribution >= 0.6 is 0 Å². The average molecular weight is 330 g/mol. The minimum Gasteiger partial charge on any atom is -0.495 e. The number of ether oxygens (including phenoxy) is 2. The quantitative estimate of drug-likeness (QED) is 0.758. The maximum Gasteiger partial charge on any atom is 0.274 e. The van der Waals surface area contributed by atoms with Crippen LogP contribution in [0.5, 0.6) is 5.75 Å². The molecule has 1 heterocycles. The summed E-state index contributed by atoms with van der Waals surface area (Å²) < 4.78 is 10.3.